The highest BCUT2D eigenvalue weighted by atomic mass is 35.5. The number of thiophene rings is 1. The summed E-state index contributed by atoms with van der Waals surface area (Å²) < 4.78 is 6.18. The molecule has 22 heavy (non-hydrogen) atoms. The van der Waals surface area contributed by atoms with Crippen LogP contribution in [0.25, 0.3) is 0 Å². The number of amides is 1. The Bertz CT molecular complexity index is 508. The third-order valence-corrected chi connectivity index (χ3v) is 6.14. The number of piperazine rings is 1. The number of halogens is 1. The van der Waals surface area contributed by atoms with E-state index in [1.807, 2.05) is 24.0 Å². The fourth-order valence-electron chi connectivity index (χ4n) is 3.31. The van der Waals surface area contributed by atoms with E-state index < -0.39 is 0 Å². The van der Waals surface area contributed by atoms with E-state index in [4.69, 9.17) is 16.3 Å². The monoisotopic (exact) mass is 342 g/mol. The minimum Gasteiger partial charge on any atom is -0.381 e. The van der Waals surface area contributed by atoms with Crippen LogP contribution >= 0.6 is 22.9 Å². The summed E-state index contributed by atoms with van der Waals surface area (Å²) in [5.41, 5.74) is 0. The zero-order valence-corrected chi connectivity index (χ0v) is 14.5. The molecule has 0 spiro atoms. The van der Waals surface area contributed by atoms with Crippen molar-refractivity contribution in [2.75, 3.05) is 39.4 Å². The number of rotatable bonds is 3. The van der Waals surface area contributed by atoms with Crippen molar-refractivity contribution in [3.63, 3.8) is 0 Å². The molecule has 4 nitrogen and oxygen atoms in total. The summed E-state index contributed by atoms with van der Waals surface area (Å²) in [5, 5.41) is 0. The average Bonchev–Trinajstić information content (AvgIpc) is 3.01. The lowest BCUT2D eigenvalue weighted by Gasteiger charge is -2.41. The van der Waals surface area contributed by atoms with E-state index in [1.165, 1.54) is 11.3 Å². The lowest BCUT2D eigenvalue weighted by molar-refractivity contribution is -0.134. The minimum atomic E-state index is -0.0906. The van der Waals surface area contributed by atoms with Crippen LogP contribution in [0.15, 0.2) is 12.1 Å². The fourth-order valence-corrected chi connectivity index (χ4v) is 4.42. The van der Waals surface area contributed by atoms with Gasteiger partial charge in [-0.1, -0.05) is 11.6 Å². The van der Waals surface area contributed by atoms with Crippen molar-refractivity contribution in [3.05, 3.63) is 21.3 Å². The third-order valence-electron chi connectivity index (χ3n) is 4.72. The number of hydrogen-bond acceptors (Lipinski definition) is 4. The Morgan fingerprint density at radius 2 is 1.95 bits per heavy atom. The summed E-state index contributed by atoms with van der Waals surface area (Å²) >= 11 is 7.48. The molecule has 1 aromatic rings. The van der Waals surface area contributed by atoms with Crippen molar-refractivity contribution in [3.8, 4) is 0 Å². The van der Waals surface area contributed by atoms with Crippen LogP contribution in [0.3, 0.4) is 0 Å². The molecule has 6 heteroatoms. The van der Waals surface area contributed by atoms with Crippen molar-refractivity contribution >= 4 is 28.8 Å². The fraction of sp³-hybridized carbons (Fsp3) is 0.688. The van der Waals surface area contributed by atoms with Crippen molar-refractivity contribution in [1.82, 2.24) is 9.80 Å². The van der Waals surface area contributed by atoms with Gasteiger partial charge in [-0.15, -0.1) is 11.3 Å². The van der Waals surface area contributed by atoms with Gasteiger partial charge in [-0.25, -0.2) is 0 Å². The molecule has 2 fully saturated rings. The molecule has 1 unspecified atom stereocenters. The maximum atomic E-state index is 12.6. The van der Waals surface area contributed by atoms with Crippen LogP contribution in [0.5, 0.6) is 0 Å². The first kappa shape index (κ1) is 16.2. The van der Waals surface area contributed by atoms with Gasteiger partial charge in [0.05, 0.1) is 10.3 Å². The number of carbonyl (C=O) groups is 1. The number of carbonyl (C=O) groups excluding carboxylic acids is 1. The maximum Gasteiger partial charge on any atom is 0.230 e. The summed E-state index contributed by atoms with van der Waals surface area (Å²) in [6.07, 6.45) is 2.25. The number of nitrogens with zero attached hydrogens (tertiary/aromatic N) is 2. The Morgan fingerprint density at radius 3 is 2.55 bits per heavy atom. The van der Waals surface area contributed by atoms with Gasteiger partial charge in [0.25, 0.3) is 0 Å². The molecule has 1 atom stereocenters. The Balaban J connectivity index is 1.53. The molecule has 0 saturated carbocycles. The predicted octanol–water partition coefficient (Wildman–Crippen LogP) is 2.83. The van der Waals surface area contributed by atoms with E-state index in [0.717, 1.165) is 61.4 Å². The zero-order valence-electron chi connectivity index (χ0n) is 13.0. The highest BCUT2D eigenvalue weighted by Crippen LogP contribution is 2.29. The average molecular weight is 343 g/mol. The smallest absolute Gasteiger partial charge is 0.230 e. The van der Waals surface area contributed by atoms with Crippen molar-refractivity contribution in [1.29, 1.82) is 0 Å². The van der Waals surface area contributed by atoms with Gasteiger partial charge in [0.2, 0.25) is 5.91 Å². The van der Waals surface area contributed by atoms with E-state index in [1.54, 1.807) is 0 Å². The standard InChI is InChI=1S/C16H23ClN2O2S/c1-12(14-2-3-15(17)22-14)16(20)19-8-6-18(7-9-19)13-4-10-21-11-5-13/h2-3,12-13H,4-11H2,1H3. The topological polar surface area (TPSA) is 32.8 Å². The molecule has 3 heterocycles. The molecule has 1 amide bonds. The lowest BCUT2D eigenvalue weighted by atomic mass is 10.0. The van der Waals surface area contributed by atoms with E-state index in [0.29, 0.717) is 6.04 Å². The van der Waals surface area contributed by atoms with Gasteiger partial charge in [-0.3, -0.25) is 9.69 Å². The van der Waals surface area contributed by atoms with E-state index >= 15 is 0 Å². The largest absolute Gasteiger partial charge is 0.381 e. The summed E-state index contributed by atoms with van der Waals surface area (Å²) in [5.74, 6) is 0.136. The van der Waals surface area contributed by atoms with Gasteiger partial charge in [-0.05, 0) is 31.9 Å². The van der Waals surface area contributed by atoms with Gasteiger partial charge in [0, 0.05) is 50.3 Å². The number of ether oxygens (including phenoxy) is 1. The first-order valence-corrected chi connectivity index (χ1v) is 9.20. The minimum absolute atomic E-state index is 0.0906. The summed E-state index contributed by atoms with van der Waals surface area (Å²) in [7, 11) is 0. The predicted molar refractivity (Wildman–Crippen MR) is 89.7 cm³/mol. The van der Waals surface area contributed by atoms with Gasteiger partial charge in [-0.2, -0.15) is 0 Å². The van der Waals surface area contributed by atoms with Crippen molar-refractivity contribution < 1.29 is 9.53 Å². The molecule has 3 rings (SSSR count). The van der Waals surface area contributed by atoms with Gasteiger partial charge < -0.3 is 9.64 Å². The second kappa shape index (κ2) is 7.30. The molecule has 0 bridgehead atoms. The molecule has 122 valence electrons. The molecule has 2 aliphatic heterocycles. The van der Waals surface area contributed by atoms with Gasteiger partial charge >= 0.3 is 0 Å². The molecule has 1 aromatic heterocycles. The van der Waals surface area contributed by atoms with Crippen LogP contribution in [0.4, 0.5) is 0 Å². The maximum absolute atomic E-state index is 12.6. The van der Waals surface area contributed by atoms with Gasteiger partial charge in [0.15, 0.2) is 0 Å². The van der Waals surface area contributed by atoms with E-state index in [2.05, 4.69) is 4.90 Å². The third kappa shape index (κ3) is 3.65. The van der Waals surface area contributed by atoms with Gasteiger partial charge in [0.1, 0.15) is 0 Å². The summed E-state index contributed by atoms with van der Waals surface area (Å²) in [4.78, 5) is 18.2. The SMILES string of the molecule is CC(C(=O)N1CCN(C2CCOCC2)CC1)c1ccc(Cl)s1. The van der Waals surface area contributed by atoms with Crippen LogP contribution in [0, 0.1) is 0 Å². The van der Waals surface area contributed by atoms with Crippen LogP contribution in [0.1, 0.15) is 30.6 Å². The summed E-state index contributed by atoms with van der Waals surface area (Å²) in [6, 6.07) is 4.47. The van der Waals surface area contributed by atoms with Crippen LogP contribution in [0.2, 0.25) is 4.34 Å². The molecule has 0 aliphatic carbocycles. The highest BCUT2D eigenvalue weighted by Gasteiger charge is 2.29. The first-order valence-electron chi connectivity index (χ1n) is 8.01. The number of hydrogen-bond donors (Lipinski definition) is 0. The van der Waals surface area contributed by atoms with Crippen LogP contribution in [-0.4, -0.2) is 61.1 Å². The second-order valence-corrected chi connectivity index (χ2v) is 7.82. The normalized spacial score (nSPS) is 22.7. The molecular formula is C16H23ClN2O2S. The quantitative estimate of drug-likeness (QED) is 0.846. The Morgan fingerprint density at radius 1 is 1.27 bits per heavy atom. The van der Waals surface area contributed by atoms with Crippen LogP contribution in [-0.2, 0) is 9.53 Å². The Hall–Kier alpha value is -0.620. The molecule has 0 N–H and O–H groups in total. The molecule has 2 saturated heterocycles. The zero-order chi connectivity index (χ0) is 15.5. The van der Waals surface area contributed by atoms with Crippen molar-refractivity contribution in [2.45, 2.75) is 31.7 Å². The Kier molecular flexibility index (Phi) is 5.39. The molecule has 2 aliphatic rings. The second-order valence-electron chi connectivity index (χ2n) is 6.07. The Labute approximate surface area is 141 Å². The molecule has 0 radical (unpaired) electrons. The lowest BCUT2D eigenvalue weighted by Crippen LogP contribution is -2.53. The van der Waals surface area contributed by atoms with E-state index in [9.17, 15) is 4.79 Å². The highest BCUT2D eigenvalue weighted by molar-refractivity contribution is 7.16. The molecule has 0 aromatic carbocycles. The first-order chi connectivity index (χ1) is 10.6. The summed E-state index contributed by atoms with van der Waals surface area (Å²) in [6.45, 7) is 7.36. The van der Waals surface area contributed by atoms with Crippen molar-refractivity contribution in [2.24, 2.45) is 0 Å². The van der Waals surface area contributed by atoms with E-state index in [-0.39, 0.29) is 11.8 Å². The molecular weight excluding hydrogens is 320 g/mol. The van der Waals surface area contributed by atoms with Crippen LogP contribution < -0.4 is 0 Å².